The monoisotopic (exact) mass is 769 g/mol. The van der Waals surface area contributed by atoms with Crippen LogP contribution >= 0.6 is 0 Å². The van der Waals surface area contributed by atoms with Crippen LogP contribution in [0.1, 0.15) is 49.9 Å². The molecular weight excluding hydrogens is 727 g/mol. The molecule has 11 rings (SSSR count). The second kappa shape index (κ2) is 13.7. The fraction of sp³-hybridized carbons (Fsp3) is 0.105. The lowest BCUT2D eigenvalue weighted by molar-refractivity contribution is 0.662. The number of benzene rings is 7. The first-order valence-corrected chi connectivity index (χ1v) is 20.8. The molecule has 0 aliphatic heterocycles. The number of nitrogens with zero attached hydrogens (tertiary/aromatic N) is 3. The lowest BCUT2D eigenvalue weighted by Crippen LogP contribution is -2.16. The highest BCUT2D eigenvalue weighted by atomic mass is 14.9. The van der Waals surface area contributed by atoms with Gasteiger partial charge in [0.2, 0.25) is 0 Å². The molecule has 3 heteroatoms. The van der Waals surface area contributed by atoms with Crippen molar-refractivity contribution in [2.24, 2.45) is 0 Å². The third kappa shape index (κ3) is 5.68. The van der Waals surface area contributed by atoms with Gasteiger partial charge in [-0.1, -0.05) is 167 Å². The van der Waals surface area contributed by atoms with E-state index in [0.717, 1.165) is 28.1 Å². The second-order valence-electron chi connectivity index (χ2n) is 17.2. The number of aromatic nitrogens is 3. The molecule has 7 aromatic carbocycles. The van der Waals surface area contributed by atoms with Gasteiger partial charge in [0.05, 0.1) is 11.4 Å². The van der Waals surface area contributed by atoms with Crippen molar-refractivity contribution in [2.45, 2.75) is 38.5 Å². The Morgan fingerprint density at radius 1 is 0.317 bits per heavy atom. The van der Waals surface area contributed by atoms with Crippen molar-refractivity contribution in [1.29, 1.82) is 0 Å². The van der Waals surface area contributed by atoms with Crippen molar-refractivity contribution in [3.63, 3.8) is 0 Å². The molecule has 286 valence electrons. The van der Waals surface area contributed by atoms with Crippen LogP contribution in [0.3, 0.4) is 0 Å². The molecule has 2 heterocycles. The van der Waals surface area contributed by atoms with Crippen LogP contribution in [0, 0.1) is 0 Å². The molecule has 3 nitrogen and oxygen atoms in total. The molecule has 9 aromatic rings. The van der Waals surface area contributed by atoms with Gasteiger partial charge >= 0.3 is 0 Å². The SMILES string of the molecule is CC1(C)c2ccccc2-c2cccc(-c3cc(-c4cc(-c5ccc(-c6ccccc6)cc5)nc(-c5ccncc5)n4)cc(-c4cccc5c4C(C)(C)c4ccccc4-5)c3)c21. The van der Waals surface area contributed by atoms with Crippen LogP contribution in [0.5, 0.6) is 0 Å². The molecule has 0 saturated heterocycles. The normalized spacial score (nSPS) is 13.9. The van der Waals surface area contributed by atoms with E-state index >= 15 is 0 Å². The van der Waals surface area contributed by atoms with Gasteiger partial charge in [-0.2, -0.15) is 0 Å². The summed E-state index contributed by atoms with van der Waals surface area (Å²) < 4.78 is 0. The van der Waals surface area contributed by atoms with Gasteiger partial charge in [0.1, 0.15) is 0 Å². The standard InChI is InChI=1S/C57H43N3/c1-56(2)49-22-10-8-16-45(49)47-20-12-18-43(53(47)56)40-32-41(44-19-13-21-48-46-17-9-11-23-50(46)57(3,4)54(44)48)34-42(33-40)52-35-51(59-55(60-52)39-28-30-58-31-29-39)38-26-24-37(25-27-38)36-14-6-5-7-15-36/h5-35H,1-4H3. The first kappa shape index (κ1) is 35.9. The Balaban J connectivity index is 1.15. The summed E-state index contributed by atoms with van der Waals surface area (Å²) in [6, 6.07) is 63.9. The van der Waals surface area contributed by atoms with Gasteiger partial charge in [0.15, 0.2) is 5.82 Å². The van der Waals surface area contributed by atoms with Crippen LogP contribution in [0.2, 0.25) is 0 Å². The number of hydrogen-bond acceptors (Lipinski definition) is 3. The predicted molar refractivity (Wildman–Crippen MR) is 248 cm³/mol. The van der Waals surface area contributed by atoms with E-state index in [2.05, 4.69) is 196 Å². The lowest BCUT2D eigenvalue weighted by atomic mass is 9.77. The van der Waals surface area contributed by atoms with Gasteiger partial charge in [-0.3, -0.25) is 4.98 Å². The van der Waals surface area contributed by atoms with Gasteiger partial charge in [0, 0.05) is 39.9 Å². The Morgan fingerprint density at radius 3 is 1.32 bits per heavy atom. The van der Waals surface area contributed by atoms with E-state index in [1.54, 1.807) is 0 Å². The van der Waals surface area contributed by atoms with E-state index in [-0.39, 0.29) is 10.8 Å². The average molecular weight is 770 g/mol. The van der Waals surface area contributed by atoms with Gasteiger partial charge < -0.3 is 0 Å². The van der Waals surface area contributed by atoms with Crippen molar-refractivity contribution < 1.29 is 0 Å². The van der Waals surface area contributed by atoms with Crippen LogP contribution < -0.4 is 0 Å². The van der Waals surface area contributed by atoms with E-state index in [0.29, 0.717) is 5.82 Å². The Hall–Kier alpha value is -7.23. The van der Waals surface area contributed by atoms with Crippen molar-refractivity contribution in [2.75, 3.05) is 0 Å². The molecule has 0 atom stereocenters. The summed E-state index contributed by atoms with van der Waals surface area (Å²) in [4.78, 5) is 14.9. The molecule has 2 aromatic heterocycles. The molecule has 0 bridgehead atoms. The second-order valence-corrected chi connectivity index (χ2v) is 17.2. The summed E-state index contributed by atoms with van der Waals surface area (Å²) >= 11 is 0. The third-order valence-electron chi connectivity index (χ3n) is 13.0. The maximum absolute atomic E-state index is 5.36. The maximum Gasteiger partial charge on any atom is 0.160 e. The van der Waals surface area contributed by atoms with Crippen LogP contribution in [-0.4, -0.2) is 15.0 Å². The summed E-state index contributed by atoms with van der Waals surface area (Å²) in [7, 11) is 0. The molecule has 60 heavy (non-hydrogen) atoms. The molecule has 2 aliphatic rings. The van der Waals surface area contributed by atoms with Crippen molar-refractivity contribution in [1.82, 2.24) is 15.0 Å². The predicted octanol–water partition coefficient (Wildman–Crippen LogP) is 14.5. The molecule has 0 amide bonds. The van der Waals surface area contributed by atoms with Crippen molar-refractivity contribution in [3.8, 4) is 89.5 Å². The Labute approximate surface area is 352 Å². The molecule has 2 aliphatic carbocycles. The maximum atomic E-state index is 5.36. The van der Waals surface area contributed by atoms with Crippen LogP contribution in [0.25, 0.3) is 89.5 Å². The highest BCUT2D eigenvalue weighted by molar-refractivity contribution is 5.93. The molecule has 0 spiro atoms. The average Bonchev–Trinajstić information content (AvgIpc) is 3.69. The fourth-order valence-corrected chi connectivity index (χ4v) is 10.1. The van der Waals surface area contributed by atoms with E-state index in [9.17, 15) is 0 Å². The zero-order valence-corrected chi connectivity index (χ0v) is 34.2. The van der Waals surface area contributed by atoms with E-state index < -0.39 is 0 Å². The minimum absolute atomic E-state index is 0.182. The largest absolute Gasteiger partial charge is 0.265 e. The fourth-order valence-electron chi connectivity index (χ4n) is 10.1. The summed E-state index contributed by atoms with van der Waals surface area (Å²) in [6.07, 6.45) is 3.62. The smallest absolute Gasteiger partial charge is 0.160 e. The van der Waals surface area contributed by atoms with E-state index in [4.69, 9.17) is 9.97 Å². The molecule has 0 N–H and O–H groups in total. The Kier molecular flexibility index (Phi) is 8.18. The highest BCUT2D eigenvalue weighted by Gasteiger charge is 2.39. The molecular formula is C57H43N3. The summed E-state index contributed by atoms with van der Waals surface area (Å²) in [5, 5.41) is 0. The topological polar surface area (TPSA) is 38.7 Å². The van der Waals surface area contributed by atoms with Crippen LogP contribution in [0.4, 0.5) is 0 Å². The first-order valence-electron chi connectivity index (χ1n) is 20.8. The zero-order valence-electron chi connectivity index (χ0n) is 34.2. The molecule has 0 fully saturated rings. The van der Waals surface area contributed by atoms with Gasteiger partial charge in [-0.05, 0) is 114 Å². The number of hydrogen-bond donors (Lipinski definition) is 0. The first-order chi connectivity index (χ1) is 29.3. The van der Waals surface area contributed by atoms with Crippen LogP contribution in [0.15, 0.2) is 188 Å². The Morgan fingerprint density at radius 2 is 0.750 bits per heavy atom. The van der Waals surface area contributed by atoms with Gasteiger partial charge in [-0.25, -0.2) is 9.97 Å². The number of fused-ring (bicyclic) bond motifs is 6. The lowest BCUT2D eigenvalue weighted by Gasteiger charge is -2.26. The molecule has 0 radical (unpaired) electrons. The van der Waals surface area contributed by atoms with Gasteiger partial charge in [0.25, 0.3) is 0 Å². The van der Waals surface area contributed by atoms with Crippen LogP contribution in [-0.2, 0) is 10.8 Å². The minimum Gasteiger partial charge on any atom is -0.265 e. The zero-order chi connectivity index (χ0) is 40.6. The minimum atomic E-state index is -0.182. The quantitative estimate of drug-likeness (QED) is 0.169. The number of pyridine rings is 1. The number of rotatable bonds is 6. The van der Waals surface area contributed by atoms with E-state index in [1.807, 2.05) is 24.5 Å². The summed E-state index contributed by atoms with van der Waals surface area (Å²) in [6.45, 7) is 9.49. The van der Waals surface area contributed by atoms with Crippen molar-refractivity contribution >= 4 is 0 Å². The molecule has 0 unspecified atom stereocenters. The van der Waals surface area contributed by atoms with Gasteiger partial charge in [-0.15, -0.1) is 0 Å². The Bertz CT molecular complexity index is 3000. The van der Waals surface area contributed by atoms with Crippen molar-refractivity contribution in [3.05, 3.63) is 211 Å². The highest BCUT2D eigenvalue weighted by Crippen LogP contribution is 2.55. The van der Waals surface area contributed by atoms with E-state index in [1.165, 1.54) is 77.9 Å². The third-order valence-corrected chi connectivity index (χ3v) is 13.0. The molecule has 0 saturated carbocycles. The summed E-state index contributed by atoms with van der Waals surface area (Å²) in [5.74, 6) is 0.665. The summed E-state index contributed by atoms with van der Waals surface area (Å²) in [5.41, 5.74) is 22.2.